The summed E-state index contributed by atoms with van der Waals surface area (Å²) in [6, 6.07) is 1.67. The summed E-state index contributed by atoms with van der Waals surface area (Å²) in [4.78, 5) is 14.5. The molecule has 0 saturated carbocycles. The Bertz CT molecular complexity index is 280. The highest BCUT2D eigenvalue weighted by molar-refractivity contribution is 14.1. The normalized spacial score (nSPS) is 9.64. The summed E-state index contributed by atoms with van der Waals surface area (Å²) in [6.07, 6.45) is 1.59. The second-order valence-corrected chi connectivity index (χ2v) is 3.95. The van der Waals surface area contributed by atoms with E-state index in [4.69, 9.17) is 5.11 Å². The molecule has 58 valence electrons. The van der Waals surface area contributed by atoms with E-state index in [1.165, 1.54) is 0 Å². The van der Waals surface area contributed by atoms with Crippen molar-refractivity contribution in [3.63, 3.8) is 0 Å². The quantitative estimate of drug-likeness (QED) is 0.604. The average molecular weight is 375 g/mol. The van der Waals surface area contributed by atoms with Crippen LogP contribution in [0.2, 0.25) is 0 Å². The highest BCUT2D eigenvalue weighted by Gasteiger charge is 2.12. The Hall–Kier alpha value is 0.0800. The zero-order valence-electron chi connectivity index (χ0n) is 5.21. The van der Waals surface area contributed by atoms with E-state index in [-0.39, 0.29) is 5.56 Å². The molecule has 0 aliphatic heterocycles. The summed E-state index contributed by atoms with van der Waals surface area (Å²) >= 11 is 3.88. The fraction of sp³-hybridized carbons (Fsp3) is 0. The predicted octanol–water partition coefficient (Wildman–Crippen LogP) is 1.99. The highest BCUT2D eigenvalue weighted by atomic mass is 127. The fourth-order valence-corrected chi connectivity index (χ4v) is 2.45. The number of carboxylic acids is 1. The molecular formula is C6H3I2NO2. The van der Waals surface area contributed by atoms with Gasteiger partial charge in [0.2, 0.25) is 0 Å². The molecule has 0 bridgehead atoms. The van der Waals surface area contributed by atoms with Crippen LogP contribution >= 0.6 is 45.2 Å². The van der Waals surface area contributed by atoms with Crippen molar-refractivity contribution in [3.05, 3.63) is 25.1 Å². The molecule has 1 rings (SSSR count). The standard InChI is InChI=1S/C6H3I2NO2/c7-3-1-2-9-5(8)4(3)6(10)11/h1-2H,(H,10,11). The van der Waals surface area contributed by atoms with Crippen LogP contribution in [0, 0.1) is 7.27 Å². The molecule has 0 aliphatic rings. The monoisotopic (exact) mass is 375 g/mol. The Morgan fingerprint density at radius 2 is 2.18 bits per heavy atom. The van der Waals surface area contributed by atoms with Gasteiger partial charge in [-0.2, -0.15) is 0 Å². The lowest BCUT2D eigenvalue weighted by Crippen LogP contribution is -2.04. The molecule has 0 saturated heterocycles. The number of nitrogens with zero attached hydrogens (tertiary/aromatic N) is 1. The number of hydrogen-bond donors (Lipinski definition) is 1. The van der Waals surface area contributed by atoms with Gasteiger partial charge in [0, 0.05) is 9.77 Å². The summed E-state index contributed by atoms with van der Waals surface area (Å²) in [6.45, 7) is 0. The van der Waals surface area contributed by atoms with Gasteiger partial charge in [-0.15, -0.1) is 0 Å². The van der Waals surface area contributed by atoms with Crippen LogP contribution in [0.3, 0.4) is 0 Å². The van der Waals surface area contributed by atoms with E-state index in [2.05, 4.69) is 4.98 Å². The SMILES string of the molecule is O=C(O)c1c(I)ccnc1I. The van der Waals surface area contributed by atoms with Crippen LogP contribution in [0.25, 0.3) is 0 Å². The van der Waals surface area contributed by atoms with Gasteiger partial charge in [-0.3, -0.25) is 0 Å². The summed E-state index contributed by atoms with van der Waals surface area (Å²) < 4.78 is 1.25. The van der Waals surface area contributed by atoms with Gasteiger partial charge in [0.15, 0.2) is 0 Å². The maximum atomic E-state index is 10.6. The van der Waals surface area contributed by atoms with Crippen molar-refractivity contribution in [2.24, 2.45) is 0 Å². The van der Waals surface area contributed by atoms with Crippen LogP contribution in [0.4, 0.5) is 0 Å². The molecule has 0 unspecified atom stereocenters. The molecule has 11 heavy (non-hydrogen) atoms. The van der Waals surface area contributed by atoms with Crippen LogP contribution in [0.5, 0.6) is 0 Å². The first-order valence-electron chi connectivity index (χ1n) is 2.66. The van der Waals surface area contributed by atoms with E-state index in [0.717, 1.165) is 3.57 Å². The third-order valence-corrected chi connectivity index (χ3v) is 2.78. The minimum Gasteiger partial charge on any atom is -0.478 e. The third-order valence-electron chi connectivity index (χ3n) is 1.07. The smallest absolute Gasteiger partial charge is 0.339 e. The van der Waals surface area contributed by atoms with Crippen LogP contribution < -0.4 is 0 Å². The Balaban J connectivity index is 3.32. The van der Waals surface area contributed by atoms with E-state index in [1.807, 2.05) is 45.2 Å². The highest BCUT2D eigenvalue weighted by Crippen LogP contribution is 2.15. The molecular weight excluding hydrogens is 372 g/mol. The Morgan fingerprint density at radius 3 is 2.55 bits per heavy atom. The zero-order valence-corrected chi connectivity index (χ0v) is 9.53. The lowest BCUT2D eigenvalue weighted by atomic mass is 10.3. The number of pyridine rings is 1. The molecule has 0 atom stereocenters. The maximum Gasteiger partial charge on any atom is 0.339 e. The van der Waals surface area contributed by atoms with Crippen molar-refractivity contribution < 1.29 is 9.90 Å². The van der Waals surface area contributed by atoms with E-state index in [0.29, 0.717) is 3.70 Å². The minimum atomic E-state index is -0.924. The number of rotatable bonds is 1. The number of halogens is 2. The van der Waals surface area contributed by atoms with Crippen molar-refractivity contribution in [1.29, 1.82) is 0 Å². The molecule has 1 aromatic rings. The van der Waals surface area contributed by atoms with Crippen molar-refractivity contribution in [3.8, 4) is 0 Å². The van der Waals surface area contributed by atoms with Gasteiger partial charge in [-0.1, -0.05) is 0 Å². The molecule has 1 heterocycles. The molecule has 0 aliphatic carbocycles. The van der Waals surface area contributed by atoms with E-state index in [1.54, 1.807) is 12.3 Å². The molecule has 0 spiro atoms. The summed E-state index contributed by atoms with van der Waals surface area (Å²) in [7, 11) is 0. The zero-order chi connectivity index (χ0) is 8.43. The van der Waals surface area contributed by atoms with Gasteiger partial charge < -0.3 is 5.11 Å². The lowest BCUT2D eigenvalue weighted by molar-refractivity contribution is 0.0694. The van der Waals surface area contributed by atoms with Gasteiger partial charge in [-0.05, 0) is 51.2 Å². The Labute approximate surface area is 90.5 Å². The largest absolute Gasteiger partial charge is 0.478 e. The number of carbonyl (C=O) groups is 1. The number of carboxylic acid groups (broad SMARTS) is 1. The first-order valence-corrected chi connectivity index (χ1v) is 4.82. The van der Waals surface area contributed by atoms with Crippen molar-refractivity contribution in [1.82, 2.24) is 4.98 Å². The molecule has 1 N–H and O–H groups in total. The molecule has 3 nitrogen and oxygen atoms in total. The second kappa shape index (κ2) is 3.65. The van der Waals surface area contributed by atoms with Crippen LogP contribution in [-0.2, 0) is 0 Å². The molecule has 0 fully saturated rings. The van der Waals surface area contributed by atoms with Gasteiger partial charge in [0.05, 0.1) is 0 Å². The Kier molecular flexibility index (Phi) is 3.05. The van der Waals surface area contributed by atoms with E-state index in [9.17, 15) is 4.79 Å². The molecule has 5 heteroatoms. The van der Waals surface area contributed by atoms with E-state index >= 15 is 0 Å². The topological polar surface area (TPSA) is 50.2 Å². The molecule has 1 aromatic heterocycles. The van der Waals surface area contributed by atoms with Crippen LogP contribution in [0.15, 0.2) is 12.3 Å². The minimum absolute atomic E-state index is 0.286. The van der Waals surface area contributed by atoms with Gasteiger partial charge in [0.1, 0.15) is 9.26 Å². The molecule has 0 amide bonds. The fourth-order valence-electron chi connectivity index (χ4n) is 0.605. The maximum absolute atomic E-state index is 10.6. The third kappa shape index (κ3) is 2.01. The first kappa shape index (κ1) is 9.17. The predicted molar refractivity (Wildman–Crippen MR) is 56.6 cm³/mol. The lowest BCUT2D eigenvalue weighted by Gasteiger charge is -1.98. The molecule has 0 aromatic carbocycles. The Morgan fingerprint density at radius 1 is 1.55 bits per heavy atom. The van der Waals surface area contributed by atoms with Crippen molar-refractivity contribution in [2.45, 2.75) is 0 Å². The van der Waals surface area contributed by atoms with Crippen LogP contribution in [-0.4, -0.2) is 16.1 Å². The van der Waals surface area contributed by atoms with Crippen LogP contribution in [0.1, 0.15) is 10.4 Å². The second-order valence-electron chi connectivity index (χ2n) is 1.76. The summed E-state index contributed by atoms with van der Waals surface area (Å²) in [5.41, 5.74) is 0.286. The number of aromatic nitrogens is 1. The van der Waals surface area contributed by atoms with Gasteiger partial charge in [-0.25, -0.2) is 9.78 Å². The molecule has 0 radical (unpaired) electrons. The summed E-state index contributed by atoms with van der Waals surface area (Å²) in [5, 5.41) is 8.70. The first-order chi connectivity index (χ1) is 5.13. The number of hydrogen-bond acceptors (Lipinski definition) is 2. The van der Waals surface area contributed by atoms with Crippen molar-refractivity contribution in [2.75, 3.05) is 0 Å². The average Bonchev–Trinajstić information content (AvgIpc) is 1.85. The van der Waals surface area contributed by atoms with Crippen molar-refractivity contribution >= 4 is 51.2 Å². The summed E-state index contributed by atoms with van der Waals surface area (Å²) in [5.74, 6) is -0.924. The van der Waals surface area contributed by atoms with Gasteiger partial charge >= 0.3 is 5.97 Å². The number of aromatic carboxylic acids is 1. The van der Waals surface area contributed by atoms with E-state index < -0.39 is 5.97 Å². The van der Waals surface area contributed by atoms with Gasteiger partial charge in [0.25, 0.3) is 0 Å².